The highest BCUT2D eigenvalue weighted by Gasteiger charge is 2.32. The smallest absolute Gasteiger partial charge is 0.507 e. The molecule has 0 aliphatic carbocycles. The van der Waals surface area contributed by atoms with Crippen molar-refractivity contribution in [1.82, 2.24) is 0 Å². The summed E-state index contributed by atoms with van der Waals surface area (Å²) in [7, 11) is 2.61. The summed E-state index contributed by atoms with van der Waals surface area (Å²) in [5.74, 6) is -0.268. The average molecular weight is 584 g/mol. The molecule has 0 unspecified atom stereocenters. The van der Waals surface area contributed by atoms with Gasteiger partial charge in [-0.15, -0.1) is 13.2 Å². The SMILES string of the molecule is CC.CC(C)C.CCCN=C\C(C(=O)OC)=C(O)/C=C(C)/C(C)=C/C(=C(C)C)c1cc(OC)ccc1OC(F)(F)F. The molecule has 0 fully saturated rings. The molecule has 0 aliphatic rings. The Morgan fingerprint density at radius 2 is 1.56 bits per heavy atom. The number of hydrogen-bond donors (Lipinski definition) is 1. The Labute approximate surface area is 244 Å². The van der Waals surface area contributed by atoms with Crippen LogP contribution in [0.5, 0.6) is 11.5 Å². The predicted molar refractivity (Wildman–Crippen MR) is 163 cm³/mol. The molecular formula is C32H48F3NO5. The second-order valence-electron chi connectivity index (χ2n) is 9.54. The summed E-state index contributed by atoms with van der Waals surface area (Å²) in [6.45, 7) is 19.8. The van der Waals surface area contributed by atoms with Gasteiger partial charge < -0.3 is 19.3 Å². The number of aliphatic imine (C=N–C) groups is 1. The van der Waals surface area contributed by atoms with Crippen molar-refractivity contribution in [2.75, 3.05) is 20.8 Å². The molecule has 0 aromatic heterocycles. The highest BCUT2D eigenvalue weighted by molar-refractivity contribution is 6.10. The second-order valence-corrected chi connectivity index (χ2v) is 9.54. The quantitative estimate of drug-likeness (QED) is 0.0976. The molecule has 1 rings (SSSR count). The highest BCUT2D eigenvalue weighted by Crippen LogP contribution is 2.36. The molecule has 1 aromatic carbocycles. The third kappa shape index (κ3) is 16.4. The number of halogens is 3. The van der Waals surface area contributed by atoms with Gasteiger partial charge in [-0.25, -0.2) is 4.79 Å². The maximum atomic E-state index is 13.0. The first kappa shape index (κ1) is 39.7. The van der Waals surface area contributed by atoms with E-state index >= 15 is 0 Å². The van der Waals surface area contributed by atoms with Crippen LogP contribution in [0.15, 0.2) is 63.4 Å². The molecule has 0 bridgehead atoms. The molecule has 0 aliphatic heterocycles. The van der Waals surface area contributed by atoms with E-state index in [1.165, 1.54) is 44.7 Å². The van der Waals surface area contributed by atoms with Crippen LogP contribution in [0.1, 0.15) is 81.2 Å². The number of carbonyl (C=O) groups is 1. The number of benzene rings is 1. The molecule has 0 radical (unpaired) electrons. The van der Waals surface area contributed by atoms with Gasteiger partial charge in [0.2, 0.25) is 0 Å². The number of aliphatic hydroxyl groups excluding tert-OH is 1. The number of esters is 1. The van der Waals surface area contributed by atoms with E-state index in [2.05, 4.69) is 30.5 Å². The van der Waals surface area contributed by atoms with Crippen LogP contribution in [-0.2, 0) is 9.53 Å². The van der Waals surface area contributed by atoms with Crippen molar-refractivity contribution in [3.05, 3.63) is 64.0 Å². The van der Waals surface area contributed by atoms with E-state index in [0.29, 0.717) is 29.0 Å². The van der Waals surface area contributed by atoms with Crippen LogP contribution in [0.3, 0.4) is 0 Å². The van der Waals surface area contributed by atoms with Crippen molar-refractivity contribution in [1.29, 1.82) is 0 Å². The summed E-state index contributed by atoms with van der Waals surface area (Å²) in [5, 5.41) is 10.5. The fraction of sp³-hybridized carbons (Fsp3) is 0.500. The molecule has 6 nitrogen and oxygen atoms in total. The molecule has 1 aromatic rings. The van der Waals surface area contributed by atoms with Gasteiger partial charge in [-0.1, -0.05) is 53.2 Å². The molecule has 232 valence electrons. The maximum Gasteiger partial charge on any atom is 0.573 e. The summed E-state index contributed by atoms with van der Waals surface area (Å²) in [6.07, 6.45) is 0.196. The van der Waals surface area contributed by atoms with E-state index in [1.54, 1.807) is 33.8 Å². The first-order chi connectivity index (χ1) is 19.1. The average Bonchev–Trinajstić information content (AvgIpc) is 2.89. The molecule has 0 amide bonds. The first-order valence-corrected chi connectivity index (χ1v) is 13.6. The Bertz CT molecular complexity index is 1100. The summed E-state index contributed by atoms with van der Waals surface area (Å²) in [5.41, 5.74) is 2.48. The highest BCUT2D eigenvalue weighted by atomic mass is 19.4. The van der Waals surface area contributed by atoms with Gasteiger partial charge >= 0.3 is 12.3 Å². The summed E-state index contributed by atoms with van der Waals surface area (Å²) >= 11 is 0. The Balaban J connectivity index is 0. The monoisotopic (exact) mass is 583 g/mol. The molecule has 0 spiro atoms. The maximum absolute atomic E-state index is 13.0. The number of ether oxygens (including phenoxy) is 3. The molecular weight excluding hydrogens is 535 g/mol. The number of methoxy groups -OCH3 is 2. The minimum Gasteiger partial charge on any atom is -0.507 e. The summed E-state index contributed by atoms with van der Waals surface area (Å²) < 4.78 is 53.2. The molecule has 41 heavy (non-hydrogen) atoms. The molecule has 1 N–H and O–H groups in total. The van der Waals surface area contributed by atoms with Crippen molar-refractivity contribution in [3.63, 3.8) is 0 Å². The zero-order chi connectivity index (χ0) is 32.3. The lowest BCUT2D eigenvalue weighted by molar-refractivity contribution is -0.274. The van der Waals surface area contributed by atoms with Crippen LogP contribution in [0.4, 0.5) is 13.2 Å². The van der Waals surface area contributed by atoms with Crippen LogP contribution >= 0.6 is 0 Å². The molecule has 0 saturated carbocycles. The van der Waals surface area contributed by atoms with E-state index in [-0.39, 0.29) is 22.6 Å². The van der Waals surface area contributed by atoms with Gasteiger partial charge in [0.05, 0.1) is 14.2 Å². The number of carbonyl (C=O) groups excluding carboxylic acids is 1. The Hall–Kier alpha value is -3.49. The lowest BCUT2D eigenvalue weighted by Gasteiger charge is -2.17. The minimum absolute atomic E-state index is 0.107. The van der Waals surface area contributed by atoms with Crippen molar-refractivity contribution in [3.8, 4) is 11.5 Å². The van der Waals surface area contributed by atoms with Gasteiger partial charge in [0.15, 0.2) is 0 Å². The van der Waals surface area contributed by atoms with E-state index in [1.807, 2.05) is 20.8 Å². The first-order valence-electron chi connectivity index (χ1n) is 13.6. The summed E-state index contributed by atoms with van der Waals surface area (Å²) in [4.78, 5) is 16.1. The summed E-state index contributed by atoms with van der Waals surface area (Å²) in [6, 6.07) is 4.04. The van der Waals surface area contributed by atoms with Gasteiger partial charge in [0.25, 0.3) is 0 Å². The van der Waals surface area contributed by atoms with Crippen LogP contribution in [0.25, 0.3) is 5.57 Å². The van der Waals surface area contributed by atoms with Crippen molar-refractivity contribution >= 4 is 17.8 Å². The van der Waals surface area contributed by atoms with Crippen molar-refractivity contribution in [2.24, 2.45) is 10.9 Å². The molecule has 0 heterocycles. The Morgan fingerprint density at radius 1 is 1.02 bits per heavy atom. The third-order valence-electron chi connectivity index (χ3n) is 4.83. The normalized spacial score (nSPS) is 12.5. The third-order valence-corrected chi connectivity index (χ3v) is 4.83. The Morgan fingerprint density at radius 3 is 2.00 bits per heavy atom. The van der Waals surface area contributed by atoms with Gasteiger partial charge in [-0.05, 0) is 81.0 Å². The van der Waals surface area contributed by atoms with Crippen LogP contribution in [0, 0.1) is 5.92 Å². The standard InChI is InChI=1S/C26H32F3NO5.C4H10.C2H6/c1-8-11-30-15-22(25(32)34-7)23(31)13-18(5)17(4)12-20(16(2)3)21-14-19(33-6)9-10-24(21)35-26(27,28)29;1-4(2)3;1-2/h9-10,12-15,31H,8,11H2,1-7H3;4H,1-3H3;1-2H3/b17-12+,18-13+,23-22-,30-15?;;. The zero-order valence-electron chi connectivity index (χ0n) is 26.6. The minimum atomic E-state index is -4.87. The van der Waals surface area contributed by atoms with E-state index in [0.717, 1.165) is 17.9 Å². The lowest BCUT2D eigenvalue weighted by atomic mass is 9.95. The largest absolute Gasteiger partial charge is 0.573 e. The molecule has 9 heteroatoms. The Kier molecular flexibility index (Phi) is 19.7. The predicted octanol–water partition coefficient (Wildman–Crippen LogP) is 9.43. The second kappa shape index (κ2) is 20.4. The number of aliphatic hydroxyl groups is 1. The van der Waals surface area contributed by atoms with Gasteiger partial charge in [0, 0.05) is 18.3 Å². The number of hydrogen-bond acceptors (Lipinski definition) is 6. The molecule has 0 atom stereocenters. The van der Waals surface area contributed by atoms with Crippen molar-refractivity contribution in [2.45, 2.75) is 82.0 Å². The van der Waals surface area contributed by atoms with E-state index in [4.69, 9.17) is 9.47 Å². The number of allylic oxidation sites excluding steroid dienone is 6. The molecule has 0 saturated heterocycles. The number of rotatable bonds is 10. The van der Waals surface area contributed by atoms with E-state index < -0.39 is 12.3 Å². The van der Waals surface area contributed by atoms with Gasteiger partial charge in [-0.3, -0.25) is 4.99 Å². The number of nitrogens with zero attached hydrogens (tertiary/aromatic N) is 1. The lowest BCUT2D eigenvalue weighted by Crippen LogP contribution is -2.18. The van der Waals surface area contributed by atoms with Crippen molar-refractivity contribution < 1.29 is 37.3 Å². The van der Waals surface area contributed by atoms with Gasteiger partial charge in [-0.2, -0.15) is 0 Å². The van der Waals surface area contributed by atoms with Crippen LogP contribution in [-0.4, -0.2) is 44.4 Å². The zero-order valence-corrected chi connectivity index (χ0v) is 26.6. The van der Waals surface area contributed by atoms with Gasteiger partial charge in [0.1, 0.15) is 22.8 Å². The van der Waals surface area contributed by atoms with Crippen LogP contribution < -0.4 is 9.47 Å². The van der Waals surface area contributed by atoms with E-state index in [9.17, 15) is 23.1 Å². The fourth-order valence-electron chi connectivity index (χ4n) is 2.90. The number of alkyl halides is 3. The topological polar surface area (TPSA) is 77.4 Å². The fourth-order valence-corrected chi connectivity index (χ4v) is 2.90. The van der Waals surface area contributed by atoms with Crippen LogP contribution in [0.2, 0.25) is 0 Å².